The Labute approximate surface area is 136 Å². The summed E-state index contributed by atoms with van der Waals surface area (Å²) in [5.74, 6) is 0. The van der Waals surface area contributed by atoms with E-state index >= 15 is 0 Å². The van der Waals surface area contributed by atoms with Crippen molar-refractivity contribution in [2.45, 2.75) is 44.4 Å². The molecule has 0 bridgehead atoms. The number of aliphatic hydroxyl groups is 2. The monoisotopic (exact) mass is 318 g/mol. The Hall–Kier alpha value is -0.240. The first kappa shape index (κ1) is 21.8. The van der Waals surface area contributed by atoms with E-state index in [2.05, 4.69) is 42.9 Å². The molecular formula is C16H38N4O2. The standard InChI is InChI=1S/C16H38N4O2/c1-14(21)16(15(22)8-9-17)20(12-6-10-18(2)3)13-7-11-19(4)5/h14-16,21-22H,6-13,17H2,1-5H3. The maximum absolute atomic E-state index is 10.4. The van der Waals surface area contributed by atoms with E-state index in [9.17, 15) is 10.2 Å². The van der Waals surface area contributed by atoms with Crippen LogP contribution in [0.1, 0.15) is 26.2 Å². The van der Waals surface area contributed by atoms with Gasteiger partial charge in [-0.1, -0.05) is 0 Å². The maximum atomic E-state index is 10.4. The molecule has 0 fully saturated rings. The summed E-state index contributed by atoms with van der Waals surface area (Å²) in [4.78, 5) is 6.55. The largest absolute Gasteiger partial charge is 0.392 e. The molecule has 0 aromatic heterocycles. The molecule has 0 aliphatic heterocycles. The Balaban J connectivity index is 4.72. The van der Waals surface area contributed by atoms with Gasteiger partial charge in [0.05, 0.1) is 18.2 Å². The van der Waals surface area contributed by atoms with E-state index in [0.717, 1.165) is 39.0 Å². The molecule has 3 atom stereocenters. The van der Waals surface area contributed by atoms with E-state index < -0.39 is 12.2 Å². The molecule has 0 heterocycles. The number of rotatable bonds is 13. The number of hydrogen-bond donors (Lipinski definition) is 3. The lowest BCUT2D eigenvalue weighted by Gasteiger charge is -2.37. The summed E-state index contributed by atoms with van der Waals surface area (Å²) in [5, 5.41) is 20.5. The molecule has 134 valence electrons. The van der Waals surface area contributed by atoms with Crippen molar-refractivity contribution in [3.63, 3.8) is 0 Å². The van der Waals surface area contributed by atoms with Crippen molar-refractivity contribution in [2.24, 2.45) is 5.73 Å². The van der Waals surface area contributed by atoms with Gasteiger partial charge in [-0.3, -0.25) is 4.90 Å². The third kappa shape index (κ3) is 9.71. The average Bonchev–Trinajstić information content (AvgIpc) is 2.37. The van der Waals surface area contributed by atoms with Crippen LogP contribution in [0.2, 0.25) is 0 Å². The third-order valence-electron chi connectivity index (χ3n) is 3.87. The summed E-state index contributed by atoms with van der Waals surface area (Å²) >= 11 is 0. The minimum absolute atomic E-state index is 0.243. The van der Waals surface area contributed by atoms with Crippen LogP contribution in [0, 0.1) is 0 Å². The zero-order valence-electron chi connectivity index (χ0n) is 15.2. The first-order valence-electron chi connectivity index (χ1n) is 8.39. The van der Waals surface area contributed by atoms with Crippen molar-refractivity contribution >= 4 is 0 Å². The normalized spacial score (nSPS) is 16.5. The number of hydrogen-bond acceptors (Lipinski definition) is 6. The fraction of sp³-hybridized carbons (Fsp3) is 1.00. The molecule has 0 aromatic rings. The van der Waals surface area contributed by atoms with E-state index in [-0.39, 0.29) is 6.04 Å². The minimum atomic E-state index is -0.580. The van der Waals surface area contributed by atoms with Gasteiger partial charge in [0.25, 0.3) is 0 Å². The van der Waals surface area contributed by atoms with Gasteiger partial charge in [0.15, 0.2) is 0 Å². The second-order valence-electron chi connectivity index (χ2n) is 6.73. The number of aliphatic hydroxyl groups excluding tert-OH is 2. The molecule has 0 radical (unpaired) electrons. The summed E-state index contributed by atoms with van der Waals surface area (Å²) in [6.07, 6.45) is 1.41. The highest BCUT2D eigenvalue weighted by Gasteiger charge is 2.29. The van der Waals surface area contributed by atoms with E-state index in [1.807, 2.05) is 0 Å². The molecule has 0 aromatic carbocycles. The van der Waals surface area contributed by atoms with Gasteiger partial charge in [-0.25, -0.2) is 0 Å². The first-order chi connectivity index (χ1) is 10.3. The predicted octanol–water partition coefficient (Wildman–Crippen LogP) is -0.349. The second-order valence-corrected chi connectivity index (χ2v) is 6.73. The van der Waals surface area contributed by atoms with Gasteiger partial charge >= 0.3 is 0 Å². The Bertz CT molecular complexity index is 249. The molecule has 0 aliphatic rings. The van der Waals surface area contributed by atoms with Crippen molar-refractivity contribution in [3.05, 3.63) is 0 Å². The van der Waals surface area contributed by atoms with Crippen molar-refractivity contribution in [2.75, 3.05) is 60.9 Å². The van der Waals surface area contributed by atoms with E-state index in [1.165, 1.54) is 0 Å². The van der Waals surface area contributed by atoms with Gasteiger partial charge in [-0.15, -0.1) is 0 Å². The van der Waals surface area contributed by atoms with Gasteiger partial charge in [-0.05, 0) is 87.1 Å². The van der Waals surface area contributed by atoms with Gasteiger partial charge in [0, 0.05) is 0 Å². The summed E-state index contributed by atoms with van der Waals surface area (Å²) in [6.45, 7) is 5.96. The SMILES string of the molecule is CC(O)C(C(O)CCN)N(CCCN(C)C)CCCN(C)C. The smallest absolute Gasteiger partial charge is 0.0732 e. The molecule has 6 heteroatoms. The van der Waals surface area contributed by atoms with Gasteiger partial charge in [-0.2, -0.15) is 0 Å². The lowest BCUT2D eigenvalue weighted by atomic mass is 10.0. The van der Waals surface area contributed by atoms with Crippen LogP contribution in [0.5, 0.6) is 0 Å². The molecule has 0 saturated carbocycles. The van der Waals surface area contributed by atoms with Gasteiger partial charge in [0.2, 0.25) is 0 Å². The molecule has 0 rings (SSSR count). The van der Waals surface area contributed by atoms with Crippen molar-refractivity contribution < 1.29 is 10.2 Å². The van der Waals surface area contributed by atoms with Crippen LogP contribution in [0.4, 0.5) is 0 Å². The Morgan fingerprint density at radius 1 is 0.864 bits per heavy atom. The Kier molecular flexibility index (Phi) is 12.1. The highest BCUT2D eigenvalue weighted by atomic mass is 16.3. The zero-order chi connectivity index (χ0) is 17.1. The lowest BCUT2D eigenvalue weighted by Crippen LogP contribution is -2.51. The highest BCUT2D eigenvalue weighted by molar-refractivity contribution is 4.84. The molecule has 0 spiro atoms. The molecule has 0 aliphatic carbocycles. The van der Waals surface area contributed by atoms with Crippen LogP contribution in [0.15, 0.2) is 0 Å². The summed E-state index contributed by atoms with van der Waals surface area (Å²) in [5.41, 5.74) is 5.57. The topological polar surface area (TPSA) is 76.2 Å². The quantitative estimate of drug-likeness (QED) is 0.431. The van der Waals surface area contributed by atoms with Crippen molar-refractivity contribution in [1.82, 2.24) is 14.7 Å². The van der Waals surface area contributed by atoms with E-state index in [1.54, 1.807) is 6.92 Å². The van der Waals surface area contributed by atoms with Crippen molar-refractivity contribution in [3.8, 4) is 0 Å². The lowest BCUT2D eigenvalue weighted by molar-refractivity contribution is -0.0254. The third-order valence-corrected chi connectivity index (χ3v) is 3.87. The molecular weight excluding hydrogens is 280 g/mol. The molecule has 0 saturated heterocycles. The maximum Gasteiger partial charge on any atom is 0.0732 e. The van der Waals surface area contributed by atoms with Crippen LogP contribution in [0.25, 0.3) is 0 Å². The van der Waals surface area contributed by atoms with Gasteiger partial charge < -0.3 is 25.7 Å². The summed E-state index contributed by atoms with van der Waals surface area (Å²) in [6, 6.07) is -0.243. The zero-order valence-corrected chi connectivity index (χ0v) is 15.2. The number of nitrogens with zero attached hydrogens (tertiary/aromatic N) is 3. The number of nitrogens with two attached hydrogens (primary N) is 1. The Morgan fingerprint density at radius 3 is 1.64 bits per heavy atom. The fourth-order valence-electron chi connectivity index (χ4n) is 2.80. The average molecular weight is 319 g/mol. The first-order valence-corrected chi connectivity index (χ1v) is 8.39. The van der Waals surface area contributed by atoms with Crippen LogP contribution >= 0.6 is 0 Å². The van der Waals surface area contributed by atoms with Crippen LogP contribution in [-0.2, 0) is 0 Å². The van der Waals surface area contributed by atoms with E-state index in [0.29, 0.717) is 13.0 Å². The highest BCUT2D eigenvalue weighted by Crippen LogP contribution is 2.14. The molecule has 3 unspecified atom stereocenters. The van der Waals surface area contributed by atoms with E-state index in [4.69, 9.17) is 5.73 Å². The van der Waals surface area contributed by atoms with Crippen LogP contribution in [-0.4, -0.2) is 104 Å². The fourth-order valence-corrected chi connectivity index (χ4v) is 2.80. The molecule has 0 amide bonds. The summed E-state index contributed by atoms with van der Waals surface area (Å²) < 4.78 is 0. The second kappa shape index (κ2) is 12.2. The summed E-state index contributed by atoms with van der Waals surface area (Å²) in [7, 11) is 8.25. The predicted molar refractivity (Wildman–Crippen MR) is 93.1 cm³/mol. The van der Waals surface area contributed by atoms with Crippen LogP contribution in [0.3, 0.4) is 0 Å². The van der Waals surface area contributed by atoms with Crippen molar-refractivity contribution in [1.29, 1.82) is 0 Å². The van der Waals surface area contributed by atoms with Crippen LogP contribution < -0.4 is 5.73 Å². The van der Waals surface area contributed by atoms with Gasteiger partial charge in [0.1, 0.15) is 0 Å². The molecule has 6 nitrogen and oxygen atoms in total. The minimum Gasteiger partial charge on any atom is -0.392 e. The molecule has 22 heavy (non-hydrogen) atoms. The molecule has 4 N–H and O–H groups in total. The Morgan fingerprint density at radius 2 is 1.32 bits per heavy atom.